The molecule has 3 aliphatic heterocycles. The number of aliphatic hydroxyl groups is 7. The van der Waals surface area contributed by atoms with E-state index in [0.717, 1.165) is 30.3 Å². The number of aromatic hydroxyl groups is 5. The third kappa shape index (κ3) is 7.36. The van der Waals surface area contributed by atoms with Crippen LogP contribution in [0.2, 0.25) is 0 Å². The van der Waals surface area contributed by atoms with Gasteiger partial charge in [0.2, 0.25) is 6.29 Å². The lowest BCUT2D eigenvalue weighted by molar-refractivity contribution is -0.323. The van der Waals surface area contributed by atoms with Crippen LogP contribution in [-0.4, -0.2) is 141 Å². The van der Waals surface area contributed by atoms with Crippen LogP contribution >= 0.6 is 0 Å². The Balaban J connectivity index is 1.36. The summed E-state index contributed by atoms with van der Waals surface area (Å²) in [6.07, 6.45) is -14.4. The molecular weight excluding hydrogens is 712 g/mol. The van der Waals surface area contributed by atoms with Crippen LogP contribution in [-0.2, 0) is 28.4 Å². The molecule has 0 radical (unpaired) electrons. The van der Waals surface area contributed by atoms with Gasteiger partial charge in [-0.05, 0) is 43.3 Å². The van der Waals surface area contributed by atoms with Gasteiger partial charge in [0.1, 0.15) is 54.2 Å². The van der Waals surface area contributed by atoms with Gasteiger partial charge in [0.25, 0.3) is 0 Å². The van der Waals surface area contributed by atoms with E-state index in [9.17, 15) is 66.1 Å². The molecule has 0 bridgehead atoms. The minimum Gasteiger partial charge on any atom is -0.508 e. The number of carbonyl (C=O) groups is 1. The van der Waals surface area contributed by atoms with Crippen LogP contribution in [0.15, 0.2) is 71.4 Å². The summed E-state index contributed by atoms with van der Waals surface area (Å²) in [6.45, 7) is 0.740. The molecule has 19 heteroatoms. The number of ether oxygens (including phenoxy) is 6. The summed E-state index contributed by atoms with van der Waals surface area (Å²) >= 11 is 0. The molecule has 11 atom stereocenters. The molecule has 0 aromatic heterocycles. The SMILES string of the molecule is CC1OC(OCC2OC(OC3=C(c4ccc(O)c(O)c4)OC4C=C(O)C=C(O)C4=C3)C(OC(=O)c3cc(O)c(O)c(O)c3)C(O)C2O)C(O)C(O)C1O. The first kappa shape index (κ1) is 37.5. The molecule has 12 N–H and O–H groups in total. The summed E-state index contributed by atoms with van der Waals surface area (Å²) in [5.74, 6) is -6.39. The summed E-state index contributed by atoms with van der Waals surface area (Å²) in [4.78, 5) is 13.3. The monoisotopic (exact) mass is 748 g/mol. The van der Waals surface area contributed by atoms with Gasteiger partial charge in [-0.15, -0.1) is 0 Å². The Morgan fingerprint density at radius 2 is 1.45 bits per heavy atom. The smallest absolute Gasteiger partial charge is 0.339 e. The summed E-state index contributed by atoms with van der Waals surface area (Å²) in [7, 11) is 0. The lowest BCUT2D eigenvalue weighted by Crippen LogP contribution is -2.62. The third-order valence-corrected chi connectivity index (χ3v) is 8.87. The van der Waals surface area contributed by atoms with Crippen LogP contribution in [0, 0.1) is 0 Å². The highest BCUT2D eigenvalue weighted by Gasteiger charge is 2.50. The fourth-order valence-electron chi connectivity index (χ4n) is 5.91. The maximum absolute atomic E-state index is 13.3. The molecule has 6 rings (SSSR count). The predicted octanol–water partition coefficient (Wildman–Crippen LogP) is -0.361. The Labute approximate surface area is 298 Å². The minimum atomic E-state index is -2.05. The van der Waals surface area contributed by atoms with Crippen LogP contribution in [0.25, 0.3) is 5.76 Å². The summed E-state index contributed by atoms with van der Waals surface area (Å²) in [5.41, 5.74) is -0.398. The third-order valence-electron chi connectivity index (χ3n) is 8.87. The van der Waals surface area contributed by atoms with Crippen molar-refractivity contribution < 1.29 is 94.5 Å². The second kappa shape index (κ2) is 14.6. The van der Waals surface area contributed by atoms with Gasteiger partial charge in [0.15, 0.2) is 52.7 Å². The standard InChI is InChI=1S/C34H36O19/c1-11-24(41)27(44)29(46)33(49-11)48-10-23-26(43)28(45)31(53-32(47)13-5-19(39)25(42)20(40)6-13)34(52-23)51-22-9-15-17(37)7-14(35)8-21(15)50-30(22)12-2-3-16(36)18(38)4-12/h2-9,11,21,23-24,26-29,31,33-46H,10H2,1H3. The Hall–Kier alpha value is -5.25. The topological polar surface area (TPSA) is 315 Å². The van der Waals surface area contributed by atoms with Crippen molar-refractivity contribution in [2.75, 3.05) is 6.61 Å². The first-order valence-corrected chi connectivity index (χ1v) is 16.0. The number of phenolic OH excluding ortho intramolecular Hbond substituents is 5. The highest BCUT2D eigenvalue weighted by atomic mass is 16.7. The number of hydrogen-bond donors (Lipinski definition) is 12. The lowest BCUT2D eigenvalue weighted by atomic mass is 9.96. The number of carbonyl (C=O) groups excluding carboxylic acids is 1. The van der Waals surface area contributed by atoms with Crippen LogP contribution in [0.4, 0.5) is 0 Å². The normalized spacial score (nSPS) is 32.8. The van der Waals surface area contributed by atoms with Crippen molar-refractivity contribution in [3.8, 4) is 28.7 Å². The molecule has 4 aliphatic rings. The average molecular weight is 749 g/mol. The molecule has 0 spiro atoms. The molecule has 1 aliphatic carbocycles. The fraction of sp³-hybridized carbons (Fsp3) is 0.382. The molecule has 2 aromatic rings. The highest BCUT2D eigenvalue weighted by Crippen LogP contribution is 2.41. The molecule has 0 saturated carbocycles. The van der Waals surface area contributed by atoms with Crippen LogP contribution < -0.4 is 0 Å². The van der Waals surface area contributed by atoms with Crippen molar-refractivity contribution in [3.63, 3.8) is 0 Å². The van der Waals surface area contributed by atoms with E-state index in [2.05, 4.69) is 0 Å². The van der Waals surface area contributed by atoms with E-state index < -0.39 is 120 Å². The van der Waals surface area contributed by atoms with Crippen molar-refractivity contribution in [2.45, 2.75) is 74.4 Å². The molecule has 286 valence electrons. The maximum Gasteiger partial charge on any atom is 0.339 e. The van der Waals surface area contributed by atoms with Gasteiger partial charge in [-0.3, -0.25) is 0 Å². The zero-order chi connectivity index (χ0) is 38.5. The van der Waals surface area contributed by atoms with E-state index in [1.165, 1.54) is 25.1 Å². The van der Waals surface area contributed by atoms with E-state index in [1.807, 2.05) is 0 Å². The number of aliphatic hydroxyl groups excluding tert-OH is 7. The quantitative estimate of drug-likeness (QED) is 0.121. The lowest BCUT2D eigenvalue weighted by Gasteiger charge is -2.43. The molecular formula is C34H36O19. The van der Waals surface area contributed by atoms with E-state index in [4.69, 9.17) is 28.4 Å². The number of hydrogen-bond acceptors (Lipinski definition) is 19. The Kier molecular flexibility index (Phi) is 10.4. The Morgan fingerprint density at radius 1 is 0.755 bits per heavy atom. The van der Waals surface area contributed by atoms with Gasteiger partial charge >= 0.3 is 5.97 Å². The zero-order valence-electron chi connectivity index (χ0n) is 27.4. The second-order valence-electron chi connectivity index (χ2n) is 12.5. The number of fused-ring (bicyclic) bond motifs is 1. The molecule has 53 heavy (non-hydrogen) atoms. The Bertz CT molecular complexity index is 1840. The summed E-state index contributed by atoms with van der Waals surface area (Å²) in [6, 6.07) is 5.02. The fourth-order valence-corrected chi connectivity index (χ4v) is 5.91. The van der Waals surface area contributed by atoms with Gasteiger partial charge in [-0.1, -0.05) is 0 Å². The first-order chi connectivity index (χ1) is 25.0. The first-order valence-electron chi connectivity index (χ1n) is 16.0. The second-order valence-corrected chi connectivity index (χ2v) is 12.5. The van der Waals surface area contributed by atoms with Gasteiger partial charge < -0.3 is 89.7 Å². The maximum atomic E-state index is 13.3. The van der Waals surface area contributed by atoms with E-state index >= 15 is 0 Å². The molecule has 2 aromatic carbocycles. The average Bonchev–Trinajstić information content (AvgIpc) is 3.11. The van der Waals surface area contributed by atoms with Crippen LogP contribution in [0.1, 0.15) is 22.8 Å². The molecule has 11 unspecified atom stereocenters. The number of rotatable bonds is 8. The van der Waals surface area contributed by atoms with Crippen molar-refractivity contribution in [2.24, 2.45) is 0 Å². The number of benzene rings is 2. The number of esters is 1. The molecule has 3 heterocycles. The zero-order valence-corrected chi connectivity index (χ0v) is 27.4. The van der Waals surface area contributed by atoms with Crippen molar-refractivity contribution in [3.05, 3.63) is 82.5 Å². The Morgan fingerprint density at radius 3 is 2.13 bits per heavy atom. The van der Waals surface area contributed by atoms with Crippen molar-refractivity contribution >= 4 is 11.7 Å². The minimum absolute atomic E-state index is 0.0442. The number of phenols is 5. The summed E-state index contributed by atoms with van der Waals surface area (Å²) in [5, 5.41) is 124. The van der Waals surface area contributed by atoms with Gasteiger partial charge in [-0.2, -0.15) is 0 Å². The molecule has 19 nitrogen and oxygen atoms in total. The van der Waals surface area contributed by atoms with E-state index in [0.29, 0.717) is 0 Å². The predicted molar refractivity (Wildman–Crippen MR) is 172 cm³/mol. The van der Waals surface area contributed by atoms with E-state index in [1.54, 1.807) is 0 Å². The van der Waals surface area contributed by atoms with E-state index in [-0.39, 0.29) is 28.4 Å². The molecule has 2 saturated heterocycles. The van der Waals surface area contributed by atoms with Crippen molar-refractivity contribution in [1.29, 1.82) is 0 Å². The molecule has 2 fully saturated rings. The van der Waals surface area contributed by atoms with Crippen LogP contribution in [0.3, 0.4) is 0 Å². The van der Waals surface area contributed by atoms with Crippen molar-refractivity contribution in [1.82, 2.24) is 0 Å². The number of allylic oxidation sites excluding steroid dienone is 2. The van der Waals surface area contributed by atoms with Gasteiger partial charge in [0, 0.05) is 23.3 Å². The summed E-state index contributed by atoms with van der Waals surface area (Å²) < 4.78 is 34.5. The van der Waals surface area contributed by atoms with Gasteiger partial charge in [0.05, 0.1) is 18.3 Å². The molecule has 0 amide bonds. The highest BCUT2D eigenvalue weighted by molar-refractivity contribution is 5.91. The largest absolute Gasteiger partial charge is 0.508 e. The van der Waals surface area contributed by atoms with Gasteiger partial charge in [-0.25, -0.2) is 4.79 Å². The van der Waals surface area contributed by atoms with Crippen LogP contribution in [0.5, 0.6) is 28.7 Å².